The molecule has 1 aliphatic rings. The van der Waals surface area contributed by atoms with E-state index in [9.17, 15) is 22.8 Å². The molecule has 1 fully saturated rings. The Balaban J connectivity index is 1.63. The minimum Gasteiger partial charge on any atom is -0.369 e. The van der Waals surface area contributed by atoms with Gasteiger partial charge in [0.1, 0.15) is 17.3 Å². The Morgan fingerprint density at radius 3 is 2.59 bits per heavy atom. The molecule has 1 unspecified atom stereocenters. The predicted octanol–water partition coefficient (Wildman–Crippen LogP) is 1.47. The zero-order chi connectivity index (χ0) is 22.9. The summed E-state index contributed by atoms with van der Waals surface area (Å²) in [5, 5.41) is 6.20. The van der Waals surface area contributed by atoms with E-state index >= 15 is 0 Å². The number of imidazole rings is 1. The first-order valence-electron chi connectivity index (χ1n) is 9.93. The number of H-pyrrole nitrogens is 1. The molecule has 2 amide bonds. The Labute approximate surface area is 180 Å². The van der Waals surface area contributed by atoms with Crippen molar-refractivity contribution >= 4 is 22.8 Å². The molecule has 0 radical (unpaired) electrons. The molecule has 0 aliphatic carbocycles. The number of hydrogen-bond acceptors (Lipinski definition) is 6. The molecule has 1 atom stereocenters. The summed E-state index contributed by atoms with van der Waals surface area (Å²) >= 11 is 0. The Bertz CT molecular complexity index is 1160. The molecule has 32 heavy (non-hydrogen) atoms. The molecule has 5 N–H and O–H groups in total. The molecule has 0 spiro atoms. The summed E-state index contributed by atoms with van der Waals surface area (Å²) in [5.41, 5.74) is 5.47. The van der Waals surface area contributed by atoms with Crippen LogP contribution in [0.5, 0.6) is 0 Å². The molecule has 168 valence electrons. The van der Waals surface area contributed by atoms with Crippen molar-refractivity contribution in [1.29, 1.82) is 0 Å². The van der Waals surface area contributed by atoms with E-state index in [-0.39, 0.29) is 17.8 Å². The quantitative estimate of drug-likeness (QED) is 0.467. The number of alkyl halides is 3. The second-order valence-corrected chi connectivity index (χ2v) is 7.48. The zero-order valence-electron chi connectivity index (χ0n) is 16.7. The van der Waals surface area contributed by atoms with Gasteiger partial charge in [-0.05, 0) is 50.2 Å². The highest BCUT2D eigenvalue weighted by Gasteiger charge is 2.35. The van der Waals surface area contributed by atoms with Crippen molar-refractivity contribution in [3.05, 3.63) is 53.4 Å². The van der Waals surface area contributed by atoms with Gasteiger partial charge in [-0.3, -0.25) is 9.59 Å². The van der Waals surface area contributed by atoms with Crippen LogP contribution in [0.25, 0.3) is 11.0 Å². The van der Waals surface area contributed by atoms with Crippen molar-refractivity contribution < 1.29 is 22.8 Å². The minimum absolute atomic E-state index is 0.0114. The normalized spacial score (nSPS) is 16.1. The van der Waals surface area contributed by atoms with Gasteiger partial charge >= 0.3 is 6.18 Å². The van der Waals surface area contributed by atoms with E-state index < -0.39 is 29.5 Å². The molecule has 3 heterocycles. The molecule has 1 saturated heterocycles. The summed E-state index contributed by atoms with van der Waals surface area (Å²) < 4.78 is 39.1. The predicted molar refractivity (Wildman–Crippen MR) is 108 cm³/mol. The number of nitrogens with zero attached hydrogens (tertiary/aromatic N) is 3. The van der Waals surface area contributed by atoms with E-state index in [2.05, 4.69) is 30.6 Å². The molecule has 9 nitrogen and oxygen atoms in total. The second kappa shape index (κ2) is 8.54. The lowest BCUT2D eigenvalue weighted by atomic mass is 10.1. The van der Waals surface area contributed by atoms with E-state index in [0.29, 0.717) is 22.7 Å². The molecule has 1 aliphatic heterocycles. The standard InChI is InChI=1S/C20H20F3N7O2/c21-20(22,23)14-5-8-26-17(30-14)15(16(24)31)18-28-12-2-1-10(9-13(12)29-18)19(32)27-11-3-6-25-7-4-11/h1-2,5,8-9,11,15,25H,3-4,6-7H2,(H2,24,31)(H,27,32)(H,28,29). The topological polar surface area (TPSA) is 139 Å². The number of carbonyl (C=O) groups is 2. The molecule has 3 aromatic rings. The number of rotatable bonds is 5. The van der Waals surface area contributed by atoms with Gasteiger partial charge in [0.05, 0.1) is 11.0 Å². The van der Waals surface area contributed by atoms with Gasteiger partial charge < -0.3 is 21.4 Å². The molecule has 0 saturated carbocycles. The van der Waals surface area contributed by atoms with Crippen molar-refractivity contribution in [2.75, 3.05) is 13.1 Å². The van der Waals surface area contributed by atoms with E-state index in [1.165, 1.54) is 0 Å². The van der Waals surface area contributed by atoms with Crippen LogP contribution in [0.1, 0.15) is 46.5 Å². The lowest BCUT2D eigenvalue weighted by Gasteiger charge is -2.23. The van der Waals surface area contributed by atoms with Crippen LogP contribution in [-0.4, -0.2) is 50.9 Å². The summed E-state index contributed by atoms with van der Waals surface area (Å²) in [6.07, 6.45) is -2.13. The fourth-order valence-corrected chi connectivity index (χ4v) is 3.60. The van der Waals surface area contributed by atoms with Crippen LogP contribution in [0.2, 0.25) is 0 Å². The fourth-order valence-electron chi connectivity index (χ4n) is 3.60. The summed E-state index contributed by atoms with van der Waals surface area (Å²) in [7, 11) is 0. The number of primary amides is 1. The molecular formula is C20H20F3N7O2. The average Bonchev–Trinajstić information content (AvgIpc) is 3.16. The number of carbonyl (C=O) groups excluding carboxylic acids is 2. The summed E-state index contributed by atoms with van der Waals surface area (Å²) in [6.45, 7) is 1.67. The average molecular weight is 447 g/mol. The van der Waals surface area contributed by atoms with E-state index in [0.717, 1.165) is 32.1 Å². The van der Waals surface area contributed by atoms with Gasteiger partial charge in [0.15, 0.2) is 5.92 Å². The van der Waals surface area contributed by atoms with Crippen molar-refractivity contribution in [2.45, 2.75) is 31.0 Å². The lowest BCUT2D eigenvalue weighted by molar-refractivity contribution is -0.141. The van der Waals surface area contributed by atoms with Crippen LogP contribution in [-0.2, 0) is 11.0 Å². The van der Waals surface area contributed by atoms with Crippen molar-refractivity contribution in [2.24, 2.45) is 5.73 Å². The van der Waals surface area contributed by atoms with E-state index in [1.807, 2.05) is 0 Å². The molecule has 12 heteroatoms. The van der Waals surface area contributed by atoms with Crippen LogP contribution in [0.4, 0.5) is 13.2 Å². The molecule has 1 aromatic carbocycles. The third-order valence-corrected chi connectivity index (χ3v) is 5.22. The number of nitrogens with one attached hydrogen (secondary N) is 3. The summed E-state index contributed by atoms with van der Waals surface area (Å²) in [4.78, 5) is 39.0. The highest BCUT2D eigenvalue weighted by atomic mass is 19.4. The number of halogens is 3. The van der Waals surface area contributed by atoms with Crippen LogP contribution in [0.15, 0.2) is 30.5 Å². The first kappa shape index (κ1) is 21.7. The first-order chi connectivity index (χ1) is 15.2. The lowest BCUT2D eigenvalue weighted by Crippen LogP contribution is -2.42. The number of hydrogen-bond donors (Lipinski definition) is 4. The fraction of sp³-hybridized carbons (Fsp3) is 0.350. The smallest absolute Gasteiger partial charge is 0.369 e. The number of aromatic amines is 1. The largest absolute Gasteiger partial charge is 0.433 e. The van der Waals surface area contributed by atoms with Gasteiger partial charge in [0.2, 0.25) is 5.91 Å². The molecular weight excluding hydrogens is 427 g/mol. The number of benzene rings is 1. The van der Waals surface area contributed by atoms with Gasteiger partial charge in [0, 0.05) is 17.8 Å². The minimum atomic E-state index is -4.70. The third kappa shape index (κ3) is 4.54. The zero-order valence-corrected chi connectivity index (χ0v) is 16.7. The number of amides is 2. The number of piperidine rings is 1. The monoisotopic (exact) mass is 447 g/mol. The van der Waals surface area contributed by atoms with Gasteiger partial charge in [-0.2, -0.15) is 13.2 Å². The van der Waals surface area contributed by atoms with Crippen molar-refractivity contribution in [3.8, 4) is 0 Å². The highest BCUT2D eigenvalue weighted by molar-refractivity contribution is 5.97. The maximum atomic E-state index is 13.0. The summed E-state index contributed by atoms with van der Waals surface area (Å²) in [5.74, 6) is -3.07. The SMILES string of the molecule is NC(=O)C(c1nccc(C(F)(F)F)n1)c1nc2ccc(C(=O)NC3CCNCC3)cc2[nH]1. The molecule has 0 bridgehead atoms. The number of aromatic nitrogens is 4. The maximum absolute atomic E-state index is 13.0. The Morgan fingerprint density at radius 1 is 1.16 bits per heavy atom. The Kier molecular flexibility index (Phi) is 5.78. The van der Waals surface area contributed by atoms with Crippen molar-refractivity contribution in [1.82, 2.24) is 30.6 Å². The van der Waals surface area contributed by atoms with Gasteiger partial charge in [-0.25, -0.2) is 15.0 Å². The van der Waals surface area contributed by atoms with Gasteiger partial charge in [-0.15, -0.1) is 0 Å². The molecule has 2 aromatic heterocycles. The van der Waals surface area contributed by atoms with E-state index in [4.69, 9.17) is 5.73 Å². The molecule has 4 rings (SSSR count). The Morgan fingerprint density at radius 2 is 1.91 bits per heavy atom. The first-order valence-corrected chi connectivity index (χ1v) is 9.93. The second-order valence-electron chi connectivity index (χ2n) is 7.48. The van der Waals surface area contributed by atoms with Crippen LogP contribution in [0, 0.1) is 0 Å². The Hall–Kier alpha value is -3.54. The van der Waals surface area contributed by atoms with Gasteiger partial charge in [-0.1, -0.05) is 0 Å². The van der Waals surface area contributed by atoms with Crippen molar-refractivity contribution in [3.63, 3.8) is 0 Å². The highest BCUT2D eigenvalue weighted by Crippen LogP contribution is 2.29. The van der Waals surface area contributed by atoms with Crippen LogP contribution >= 0.6 is 0 Å². The maximum Gasteiger partial charge on any atom is 0.433 e. The number of nitrogens with two attached hydrogens (primary N) is 1. The number of fused-ring (bicyclic) bond motifs is 1. The van der Waals surface area contributed by atoms with E-state index in [1.54, 1.807) is 18.2 Å². The van der Waals surface area contributed by atoms with Crippen LogP contribution in [0.3, 0.4) is 0 Å². The van der Waals surface area contributed by atoms with Gasteiger partial charge in [0.25, 0.3) is 5.91 Å². The third-order valence-electron chi connectivity index (χ3n) is 5.22. The van der Waals surface area contributed by atoms with Crippen LogP contribution < -0.4 is 16.4 Å². The summed E-state index contributed by atoms with van der Waals surface area (Å²) in [6, 6.07) is 5.51.